The smallest absolute Gasteiger partial charge is 0.201 e. The van der Waals surface area contributed by atoms with Gasteiger partial charge in [0.25, 0.3) is 0 Å². The van der Waals surface area contributed by atoms with Crippen molar-refractivity contribution < 1.29 is 24.9 Å². The predicted octanol–water partition coefficient (Wildman–Crippen LogP) is 2.14. The van der Waals surface area contributed by atoms with Gasteiger partial charge in [0.15, 0.2) is 11.4 Å². The normalized spacial score (nSPS) is 17.6. The Morgan fingerprint density at radius 1 is 1.05 bits per heavy atom. The molecule has 3 N–H and O–H groups in total. The van der Waals surface area contributed by atoms with Gasteiger partial charge in [0.05, 0.1) is 0 Å². The van der Waals surface area contributed by atoms with E-state index < -0.39 is 22.9 Å². The maximum Gasteiger partial charge on any atom is 0.201 e. The van der Waals surface area contributed by atoms with Crippen LogP contribution in [0.1, 0.15) is 34.6 Å². The minimum Gasteiger partial charge on any atom is -0.508 e. The van der Waals surface area contributed by atoms with E-state index in [0.29, 0.717) is 0 Å². The van der Waals surface area contributed by atoms with Crippen molar-refractivity contribution in [3.8, 4) is 0 Å². The molecule has 0 aromatic carbocycles. The van der Waals surface area contributed by atoms with Gasteiger partial charge in [0, 0.05) is 11.1 Å². The first kappa shape index (κ1) is 17.1. The number of Topliss-reactive ketones (excluding diaryl/α,β-unsaturated/α-hetero) is 2. The molecule has 0 aliphatic heterocycles. The van der Waals surface area contributed by atoms with Crippen LogP contribution in [0, 0.1) is 0 Å². The van der Waals surface area contributed by atoms with E-state index in [2.05, 4.69) is 0 Å². The molecule has 0 saturated carbocycles. The van der Waals surface area contributed by atoms with Crippen molar-refractivity contribution in [2.75, 3.05) is 0 Å². The molecule has 0 aromatic rings. The van der Waals surface area contributed by atoms with Crippen LogP contribution in [0.4, 0.5) is 0 Å². The fourth-order valence-electron chi connectivity index (χ4n) is 1.32. The second-order valence-electron chi connectivity index (χ2n) is 4.44. The third-order valence-electron chi connectivity index (χ3n) is 2.89. The highest BCUT2D eigenvalue weighted by Crippen LogP contribution is 2.20. The van der Waals surface area contributed by atoms with Crippen LogP contribution in [-0.2, 0) is 9.59 Å². The summed E-state index contributed by atoms with van der Waals surface area (Å²) in [5.41, 5.74) is -2.29. The summed E-state index contributed by atoms with van der Waals surface area (Å²) < 4.78 is 0. The van der Waals surface area contributed by atoms with E-state index >= 15 is 0 Å². The highest BCUT2D eigenvalue weighted by Gasteiger charge is 2.37. The second-order valence-corrected chi connectivity index (χ2v) is 4.44. The summed E-state index contributed by atoms with van der Waals surface area (Å²) in [4.78, 5) is 23.1. The third kappa shape index (κ3) is 3.79. The van der Waals surface area contributed by atoms with E-state index in [4.69, 9.17) is 0 Å². The van der Waals surface area contributed by atoms with E-state index in [1.165, 1.54) is 19.9 Å². The highest BCUT2D eigenvalue weighted by molar-refractivity contribution is 6.16. The molecule has 0 aliphatic rings. The van der Waals surface area contributed by atoms with Gasteiger partial charge in [-0.25, -0.2) is 0 Å². The maximum absolute atomic E-state index is 11.9. The van der Waals surface area contributed by atoms with Gasteiger partial charge in [-0.15, -0.1) is 0 Å². The number of carbonyl (C=O) groups is 2. The number of hydrogen-bond donors (Lipinski definition) is 3. The fraction of sp³-hybridized carbons (Fsp3) is 0.429. The molecule has 0 spiro atoms. The number of hydrogen-bond acceptors (Lipinski definition) is 5. The van der Waals surface area contributed by atoms with Gasteiger partial charge in [0.2, 0.25) is 5.78 Å². The Kier molecular flexibility index (Phi) is 5.71. The minimum atomic E-state index is -2.19. The maximum atomic E-state index is 11.9. The summed E-state index contributed by atoms with van der Waals surface area (Å²) in [6.07, 6.45) is 2.92. The van der Waals surface area contributed by atoms with Crippen LogP contribution in [0.25, 0.3) is 0 Å². The van der Waals surface area contributed by atoms with Crippen molar-refractivity contribution in [1.29, 1.82) is 0 Å². The third-order valence-corrected chi connectivity index (χ3v) is 2.89. The zero-order chi connectivity index (χ0) is 15.4. The molecule has 0 heterocycles. The lowest BCUT2D eigenvalue weighted by Gasteiger charge is -2.19. The van der Waals surface area contributed by atoms with Gasteiger partial charge in [-0.2, -0.15) is 0 Å². The first-order valence-electron chi connectivity index (χ1n) is 5.78. The molecule has 0 unspecified atom stereocenters. The van der Waals surface area contributed by atoms with Gasteiger partial charge in [-0.05, 0) is 40.7 Å². The lowest BCUT2D eigenvalue weighted by molar-refractivity contribution is -0.145. The first-order chi connectivity index (χ1) is 8.57. The van der Waals surface area contributed by atoms with Gasteiger partial charge < -0.3 is 15.3 Å². The van der Waals surface area contributed by atoms with E-state index in [1.807, 2.05) is 0 Å². The molecule has 0 amide bonds. The molecule has 19 heavy (non-hydrogen) atoms. The quantitative estimate of drug-likeness (QED) is 0.307. The monoisotopic (exact) mass is 268 g/mol. The van der Waals surface area contributed by atoms with Crippen LogP contribution in [0.2, 0.25) is 0 Å². The van der Waals surface area contributed by atoms with Gasteiger partial charge >= 0.3 is 0 Å². The molecule has 5 heteroatoms. The van der Waals surface area contributed by atoms with Crippen molar-refractivity contribution in [2.45, 2.75) is 40.2 Å². The molecule has 5 nitrogen and oxygen atoms in total. The summed E-state index contributed by atoms with van der Waals surface area (Å²) in [7, 11) is 0. The van der Waals surface area contributed by atoms with Gasteiger partial charge in [0.1, 0.15) is 11.5 Å². The Balaban J connectivity index is 5.69. The molecule has 0 bridgehead atoms. The van der Waals surface area contributed by atoms with E-state index in [9.17, 15) is 24.9 Å². The lowest BCUT2D eigenvalue weighted by atomic mass is 9.90. The number of aliphatic hydroxyl groups is 3. The van der Waals surface area contributed by atoms with E-state index in [1.54, 1.807) is 13.0 Å². The first-order valence-corrected chi connectivity index (χ1v) is 5.78. The predicted molar refractivity (Wildman–Crippen MR) is 71.8 cm³/mol. The summed E-state index contributed by atoms with van der Waals surface area (Å²) in [6, 6.07) is 0. The zero-order valence-electron chi connectivity index (χ0n) is 11.8. The topological polar surface area (TPSA) is 94.8 Å². The van der Waals surface area contributed by atoms with Crippen LogP contribution in [0.5, 0.6) is 0 Å². The molecule has 0 aromatic heterocycles. The SMILES string of the molecule is C/C=C\C(O)=C(/C)C(O)=C(C)C(=O)[C@](C)(O)C(C)=O. The van der Waals surface area contributed by atoms with Crippen molar-refractivity contribution in [1.82, 2.24) is 0 Å². The Labute approximate surface area is 112 Å². The summed E-state index contributed by atoms with van der Waals surface area (Å²) in [6.45, 7) is 6.54. The number of carbonyl (C=O) groups excluding carboxylic acids is 2. The lowest BCUT2D eigenvalue weighted by Crippen LogP contribution is -2.43. The Morgan fingerprint density at radius 2 is 1.53 bits per heavy atom. The van der Waals surface area contributed by atoms with Gasteiger partial charge in [-0.3, -0.25) is 9.59 Å². The second kappa shape index (κ2) is 6.33. The largest absolute Gasteiger partial charge is 0.508 e. The summed E-state index contributed by atoms with van der Waals surface area (Å²) in [5.74, 6) is -2.27. The molecule has 0 aliphatic carbocycles. The molecular weight excluding hydrogens is 248 g/mol. The Bertz CT molecular complexity index is 478. The average molecular weight is 268 g/mol. The Hall–Kier alpha value is -1.88. The fourth-order valence-corrected chi connectivity index (χ4v) is 1.32. The number of rotatable bonds is 5. The Morgan fingerprint density at radius 3 is 1.89 bits per heavy atom. The molecule has 0 fully saturated rings. The average Bonchev–Trinajstić information content (AvgIpc) is 2.35. The number of aliphatic hydroxyl groups excluding tert-OH is 2. The highest BCUT2D eigenvalue weighted by atomic mass is 16.3. The number of ketones is 2. The van der Waals surface area contributed by atoms with E-state index in [-0.39, 0.29) is 16.9 Å². The standard InChI is InChI=1S/C14H20O5/c1-6-7-11(16)8(2)12(17)9(3)13(18)14(5,19)10(4)15/h6-7,16-17,19H,1-5H3/b7-6-,11-8-,12-9?/t14-/m1/s1. The number of allylic oxidation sites excluding steroid dienone is 3. The van der Waals surface area contributed by atoms with Crippen LogP contribution in [0.3, 0.4) is 0 Å². The van der Waals surface area contributed by atoms with Gasteiger partial charge in [-0.1, -0.05) is 6.08 Å². The van der Waals surface area contributed by atoms with Crippen LogP contribution in [0.15, 0.2) is 34.8 Å². The van der Waals surface area contributed by atoms with Crippen LogP contribution in [-0.4, -0.2) is 32.5 Å². The minimum absolute atomic E-state index is 0.0864. The van der Waals surface area contributed by atoms with Crippen molar-refractivity contribution in [2.24, 2.45) is 0 Å². The molecule has 1 atom stereocenters. The molecule has 0 radical (unpaired) electrons. The van der Waals surface area contributed by atoms with Crippen LogP contribution >= 0.6 is 0 Å². The van der Waals surface area contributed by atoms with Crippen molar-refractivity contribution in [3.05, 3.63) is 34.8 Å². The summed E-state index contributed by atoms with van der Waals surface area (Å²) >= 11 is 0. The van der Waals surface area contributed by atoms with Crippen LogP contribution < -0.4 is 0 Å². The van der Waals surface area contributed by atoms with Crippen molar-refractivity contribution >= 4 is 11.6 Å². The molecular formula is C14H20O5. The van der Waals surface area contributed by atoms with Crippen molar-refractivity contribution in [3.63, 3.8) is 0 Å². The molecule has 106 valence electrons. The molecule has 0 saturated heterocycles. The summed E-state index contributed by atoms with van der Waals surface area (Å²) in [5, 5.41) is 29.2. The van der Waals surface area contributed by atoms with E-state index in [0.717, 1.165) is 13.8 Å². The zero-order valence-corrected chi connectivity index (χ0v) is 11.8. The molecule has 0 rings (SSSR count).